The van der Waals surface area contributed by atoms with Gasteiger partial charge < -0.3 is 11.1 Å². The first-order valence-corrected chi connectivity index (χ1v) is 6.95. The molecule has 20 heavy (non-hydrogen) atoms. The van der Waals surface area contributed by atoms with Crippen LogP contribution in [0.1, 0.15) is 31.9 Å². The Morgan fingerprint density at radius 3 is 2.65 bits per heavy atom. The molecule has 0 saturated carbocycles. The zero-order valence-corrected chi connectivity index (χ0v) is 12.4. The maximum atomic E-state index is 13.9. The molecule has 0 saturated heterocycles. The number of rotatable bonds is 7. The van der Waals surface area contributed by atoms with Gasteiger partial charge in [-0.05, 0) is 32.0 Å². The Morgan fingerprint density at radius 2 is 2.15 bits per heavy atom. The Hall–Kier alpha value is -1.46. The van der Waals surface area contributed by atoms with Crippen LogP contribution in [0, 0.1) is 5.82 Å². The summed E-state index contributed by atoms with van der Waals surface area (Å²) in [6.45, 7) is 7.48. The van der Waals surface area contributed by atoms with E-state index in [0.29, 0.717) is 25.2 Å². The first kappa shape index (κ1) is 16.6. The molecule has 4 nitrogen and oxygen atoms in total. The normalized spacial score (nSPS) is 11.2. The number of hydrogen-bond donors (Lipinski definition) is 2. The van der Waals surface area contributed by atoms with Crippen molar-refractivity contribution in [1.82, 2.24) is 10.2 Å². The molecule has 0 atom stereocenters. The summed E-state index contributed by atoms with van der Waals surface area (Å²) in [6.07, 6.45) is 0. The molecule has 0 aliphatic rings. The first-order valence-electron chi connectivity index (χ1n) is 6.95. The summed E-state index contributed by atoms with van der Waals surface area (Å²) in [5.74, 6) is -0.309. The van der Waals surface area contributed by atoms with Crippen LogP contribution >= 0.6 is 0 Å². The number of hydrogen-bond acceptors (Lipinski definition) is 3. The molecular weight excluding hydrogens is 257 g/mol. The summed E-state index contributed by atoms with van der Waals surface area (Å²) in [5.41, 5.74) is 6.83. The highest BCUT2D eigenvalue weighted by atomic mass is 19.1. The fraction of sp³-hybridized carbons (Fsp3) is 0.533. The number of nitrogens with zero attached hydrogens (tertiary/aromatic N) is 1. The van der Waals surface area contributed by atoms with Crippen molar-refractivity contribution in [3.8, 4) is 0 Å². The molecule has 5 heteroatoms. The Bertz CT molecular complexity index is 449. The third kappa shape index (κ3) is 5.27. The van der Waals surface area contributed by atoms with Crippen LogP contribution < -0.4 is 11.1 Å². The Labute approximate surface area is 120 Å². The van der Waals surface area contributed by atoms with Crippen molar-refractivity contribution in [1.29, 1.82) is 0 Å². The van der Waals surface area contributed by atoms with E-state index in [9.17, 15) is 9.18 Å². The van der Waals surface area contributed by atoms with Crippen LogP contribution in [0.3, 0.4) is 0 Å². The highest BCUT2D eigenvalue weighted by Gasteiger charge is 2.12. The third-order valence-electron chi connectivity index (χ3n) is 3.01. The van der Waals surface area contributed by atoms with E-state index in [-0.39, 0.29) is 24.3 Å². The van der Waals surface area contributed by atoms with Crippen molar-refractivity contribution in [2.75, 3.05) is 13.1 Å². The molecule has 1 amide bonds. The number of likely N-dealkylation sites (N-methyl/N-ethyl adjacent to an activating group) is 1. The number of halogens is 1. The fourth-order valence-corrected chi connectivity index (χ4v) is 1.94. The van der Waals surface area contributed by atoms with Gasteiger partial charge in [0.25, 0.3) is 0 Å². The molecule has 0 aromatic heterocycles. The minimum Gasteiger partial charge on any atom is -0.353 e. The molecule has 1 aromatic carbocycles. The molecule has 1 aromatic rings. The van der Waals surface area contributed by atoms with Crippen molar-refractivity contribution < 1.29 is 9.18 Å². The third-order valence-corrected chi connectivity index (χ3v) is 3.01. The maximum Gasteiger partial charge on any atom is 0.234 e. The van der Waals surface area contributed by atoms with Crippen LogP contribution in [-0.4, -0.2) is 29.9 Å². The summed E-state index contributed by atoms with van der Waals surface area (Å²) < 4.78 is 13.9. The zero-order chi connectivity index (χ0) is 15.1. The van der Waals surface area contributed by atoms with Crippen molar-refractivity contribution in [3.63, 3.8) is 0 Å². The number of nitrogens with one attached hydrogen (secondary N) is 1. The largest absolute Gasteiger partial charge is 0.353 e. The van der Waals surface area contributed by atoms with Crippen LogP contribution in [0.15, 0.2) is 18.2 Å². The van der Waals surface area contributed by atoms with Gasteiger partial charge >= 0.3 is 0 Å². The molecule has 3 N–H and O–H groups in total. The van der Waals surface area contributed by atoms with E-state index in [1.165, 1.54) is 6.07 Å². The number of carbonyl (C=O) groups is 1. The van der Waals surface area contributed by atoms with E-state index >= 15 is 0 Å². The lowest BCUT2D eigenvalue weighted by Crippen LogP contribution is -2.39. The predicted octanol–water partition coefficient (Wildman–Crippen LogP) is 1.63. The summed E-state index contributed by atoms with van der Waals surface area (Å²) in [7, 11) is 0. The minimum absolute atomic E-state index is 0.0409. The Balaban J connectivity index is 2.66. The van der Waals surface area contributed by atoms with Gasteiger partial charge in [-0.3, -0.25) is 9.69 Å². The van der Waals surface area contributed by atoms with E-state index in [1.807, 2.05) is 31.7 Å². The first-order chi connectivity index (χ1) is 9.46. The highest BCUT2D eigenvalue weighted by molar-refractivity contribution is 5.78. The molecule has 1 rings (SSSR count). The predicted molar refractivity (Wildman–Crippen MR) is 78.5 cm³/mol. The van der Waals surface area contributed by atoms with Gasteiger partial charge in [0.1, 0.15) is 5.82 Å². The van der Waals surface area contributed by atoms with Crippen molar-refractivity contribution in [3.05, 3.63) is 35.1 Å². The molecule has 0 bridgehead atoms. The molecule has 0 heterocycles. The summed E-state index contributed by atoms with van der Waals surface area (Å²) in [5, 5.41) is 2.84. The summed E-state index contributed by atoms with van der Waals surface area (Å²) in [4.78, 5) is 13.6. The minimum atomic E-state index is -0.268. The lowest BCUT2D eigenvalue weighted by atomic mass is 10.1. The molecule has 0 aliphatic carbocycles. The number of carbonyl (C=O) groups excluding carboxylic acids is 1. The molecule has 0 unspecified atom stereocenters. The molecule has 112 valence electrons. The van der Waals surface area contributed by atoms with Gasteiger partial charge in [-0.25, -0.2) is 4.39 Å². The molecular formula is C15H24FN3O. The second-order valence-electron chi connectivity index (χ2n) is 5.16. The summed E-state index contributed by atoms with van der Waals surface area (Å²) >= 11 is 0. The second-order valence-corrected chi connectivity index (χ2v) is 5.16. The topological polar surface area (TPSA) is 58.4 Å². The standard InChI is InChI=1S/C15H24FN3O/c1-4-19(10-15(20)18-11(2)3)9-13-6-5-12(8-17)7-14(13)16/h5-7,11H,4,8-10,17H2,1-3H3,(H,18,20). The van der Waals surface area contributed by atoms with Crippen LogP contribution in [-0.2, 0) is 17.9 Å². The van der Waals surface area contributed by atoms with Crippen LogP contribution in [0.2, 0.25) is 0 Å². The zero-order valence-electron chi connectivity index (χ0n) is 12.4. The van der Waals surface area contributed by atoms with Crippen molar-refractivity contribution in [2.45, 2.75) is 39.9 Å². The van der Waals surface area contributed by atoms with Gasteiger partial charge in [-0.2, -0.15) is 0 Å². The monoisotopic (exact) mass is 281 g/mol. The Morgan fingerprint density at radius 1 is 1.45 bits per heavy atom. The van der Waals surface area contributed by atoms with Crippen LogP contribution in [0.25, 0.3) is 0 Å². The number of nitrogens with two attached hydrogens (primary N) is 1. The second kappa shape index (κ2) is 7.97. The SMILES string of the molecule is CCN(CC(=O)NC(C)C)Cc1ccc(CN)cc1F. The van der Waals surface area contributed by atoms with E-state index in [1.54, 1.807) is 6.07 Å². The quantitative estimate of drug-likeness (QED) is 0.798. The molecule has 0 aliphatic heterocycles. The maximum absolute atomic E-state index is 13.9. The smallest absolute Gasteiger partial charge is 0.234 e. The van der Waals surface area contributed by atoms with Gasteiger partial charge in [-0.1, -0.05) is 19.1 Å². The molecule has 0 radical (unpaired) electrons. The summed E-state index contributed by atoms with van der Waals surface area (Å²) in [6, 6.07) is 5.13. The fourth-order valence-electron chi connectivity index (χ4n) is 1.94. The van der Waals surface area contributed by atoms with Gasteiger partial charge in [-0.15, -0.1) is 0 Å². The van der Waals surface area contributed by atoms with Crippen molar-refractivity contribution in [2.24, 2.45) is 5.73 Å². The molecule has 0 fully saturated rings. The van der Waals surface area contributed by atoms with Gasteiger partial charge in [0.2, 0.25) is 5.91 Å². The number of benzene rings is 1. The lowest BCUT2D eigenvalue weighted by Gasteiger charge is -2.21. The van der Waals surface area contributed by atoms with Crippen LogP contribution in [0.4, 0.5) is 4.39 Å². The van der Waals surface area contributed by atoms with Gasteiger partial charge in [0, 0.05) is 24.7 Å². The van der Waals surface area contributed by atoms with Crippen LogP contribution in [0.5, 0.6) is 0 Å². The lowest BCUT2D eigenvalue weighted by molar-refractivity contribution is -0.122. The number of amides is 1. The highest BCUT2D eigenvalue weighted by Crippen LogP contribution is 2.12. The average molecular weight is 281 g/mol. The van der Waals surface area contributed by atoms with Crippen molar-refractivity contribution >= 4 is 5.91 Å². The van der Waals surface area contributed by atoms with E-state index in [2.05, 4.69) is 5.32 Å². The average Bonchev–Trinajstić information content (AvgIpc) is 2.38. The van der Waals surface area contributed by atoms with E-state index < -0.39 is 0 Å². The van der Waals surface area contributed by atoms with E-state index in [4.69, 9.17) is 5.73 Å². The van der Waals surface area contributed by atoms with E-state index in [0.717, 1.165) is 5.56 Å². The Kier molecular flexibility index (Phi) is 6.61. The molecule has 0 spiro atoms. The van der Waals surface area contributed by atoms with Gasteiger partial charge in [0.05, 0.1) is 6.54 Å². The van der Waals surface area contributed by atoms with Gasteiger partial charge in [0.15, 0.2) is 0 Å².